The molecule has 2 aromatic rings. The van der Waals surface area contributed by atoms with Crippen molar-refractivity contribution in [3.8, 4) is 0 Å². The molecule has 0 radical (unpaired) electrons. The van der Waals surface area contributed by atoms with Crippen LogP contribution in [0.4, 0.5) is 0 Å². The SMILES string of the molecule is C=CC(N)Cc1cccc2ccccc12. The van der Waals surface area contributed by atoms with E-state index in [2.05, 4.69) is 49.0 Å². The van der Waals surface area contributed by atoms with Crippen LogP contribution in [-0.2, 0) is 6.42 Å². The Hall–Kier alpha value is -1.60. The molecule has 0 bridgehead atoms. The van der Waals surface area contributed by atoms with Crippen LogP contribution in [0.15, 0.2) is 55.1 Å². The number of nitrogens with two attached hydrogens (primary N) is 1. The maximum atomic E-state index is 5.88. The van der Waals surface area contributed by atoms with Crippen molar-refractivity contribution < 1.29 is 0 Å². The molecule has 1 unspecified atom stereocenters. The van der Waals surface area contributed by atoms with Crippen LogP contribution in [0, 0.1) is 0 Å². The Bertz CT molecular complexity index is 468. The average Bonchev–Trinajstić information content (AvgIpc) is 2.29. The van der Waals surface area contributed by atoms with E-state index < -0.39 is 0 Å². The van der Waals surface area contributed by atoms with Gasteiger partial charge in [0.25, 0.3) is 0 Å². The Balaban J connectivity index is 2.46. The summed E-state index contributed by atoms with van der Waals surface area (Å²) in [6.45, 7) is 3.71. The van der Waals surface area contributed by atoms with Crippen molar-refractivity contribution in [2.75, 3.05) is 0 Å². The van der Waals surface area contributed by atoms with Crippen LogP contribution in [0.5, 0.6) is 0 Å². The molecule has 0 heterocycles. The molecule has 0 spiro atoms. The van der Waals surface area contributed by atoms with E-state index in [4.69, 9.17) is 5.73 Å². The minimum Gasteiger partial charge on any atom is -0.324 e. The van der Waals surface area contributed by atoms with Crippen LogP contribution < -0.4 is 5.73 Å². The van der Waals surface area contributed by atoms with E-state index in [1.807, 2.05) is 0 Å². The summed E-state index contributed by atoms with van der Waals surface area (Å²) in [4.78, 5) is 0. The van der Waals surface area contributed by atoms with Gasteiger partial charge in [0.2, 0.25) is 0 Å². The Morgan fingerprint density at radius 2 is 1.87 bits per heavy atom. The van der Waals surface area contributed by atoms with Crippen molar-refractivity contribution in [1.29, 1.82) is 0 Å². The Morgan fingerprint density at radius 1 is 1.13 bits per heavy atom. The van der Waals surface area contributed by atoms with E-state index in [1.54, 1.807) is 6.08 Å². The fraction of sp³-hybridized carbons (Fsp3) is 0.143. The summed E-state index contributed by atoms with van der Waals surface area (Å²) in [5, 5.41) is 2.56. The molecular weight excluding hydrogens is 182 g/mol. The first-order chi connectivity index (χ1) is 7.31. The van der Waals surface area contributed by atoms with Gasteiger partial charge in [0.05, 0.1) is 0 Å². The highest BCUT2D eigenvalue weighted by molar-refractivity contribution is 5.85. The third kappa shape index (κ3) is 2.08. The monoisotopic (exact) mass is 197 g/mol. The molecule has 0 aliphatic rings. The second-order valence-corrected chi connectivity index (χ2v) is 3.74. The fourth-order valence-corrected chi connectivity index (χ4v) is 1.81. The highest BCUT2D eigenvalue weighted by Gasteiger charge is 2.03. The molecule has 1 nitrogen and oxygen atoms in total. The van der Waals surface area contributed by atoms with Crippen LogP contribution in [0.1, 0.15) is 5.56 Å². The molecule has 0 saturated carbocycles. The van der Waals surface area contributed by atoms with Crippen LogP contribution in [-0.4, -0.2) is 6.04 Å². The van der Waals surface area contributed by atoms with Gasteiger partial charge in [0.1, 0.15) is 0 Å². The van der Waals surface area contributed by atoms with Gasteiger partial charge in [-0.15, -0.1) is 6.58 Å². The lowest BCUT2D eigenvalue weighted by atomic mass is 9.99. The van der Waals surface area contributed by atoms with Gasteiger partial charge in [-0.1, -0.05) is 48.5 Å². The highest BCUT2D eigenvalue weighted by Crippen LogP contribution is 2.19. The molecule has 2 aromatic carbocycles. The third-order valence-electron chi connectivity index (χ3n) is 2.64. The van der Waals surface area contributed by atoms with Gasteiger partial charge in [-0.2, -0.15) is 0 Å². The predicted molar refractivity (Wildman–Crippen MR) is 65.8 cm³/mol. The lowest BCUT2D eigenvalue weighted by Gasteiger charge is -2.09. The van der Waals surface area contributed by atoms with Crippen molar-refractivity contribution in [1.82, 2.24) is 0 Å². The summed E-state index contributed by atoms with van der Waals surface area (Å²) in [5.74, 6) is 0. The van der Waals surface area contributed by atoms with E-state index in [-0.39, 0.29) is 6.04 Å². The maximum absolute atomic E-state index is 5.88. The number of benzene rings is 2. The summed E-state index contributed by atoms with van der Waals surface area (Å²) >= 11 is 0. The van der Waals surface area contributed by atoms with Crippen molar-refractivity contribution >= 4 is 10.8 Å². The predicted octanol–water partition coefficient (Wildman–Crippen LogP) is 2.90. The largest absolute Gasteiger partial charge is 0.324 e. The molecule has 0 saturated heterocycles. The zero-order chi connectivity index (χ0) is 10.7. The summed E-state index contributed by atoms with van der Waals surface area (Å²) in [6.07, 6.45) is 2.65. The first-order valence-electron chi connectivity index (χ1n) is 5.16. The molecule has 0 aromatic heterocycles. The Labute approximate surface area is 90.2 Å². The van der Waals surface area contributed by atoms with Crippen LogP contribution >= 0.6 is 0 Å². The van der Waals surface area contributed by atoms with Crippen molar-refractivity contribution in [2.24, 2.45) is 5.73 Å². The van der Waals surface area contributed by atoms with Gasteiger partial charge in [0, 0.05) is 6.04 Å². The summed E-state index contributed by atoms with van der Waals surface area (Å²) < 4.78 is 0. The van der Waals surface area contributed by atoms with E-state index in [0.717, 1.165) is 6.42 Å². The van der Waals surface area contributed by atoms with Gasteiger partial charge in [0.15, 0.2) is 0 Å². The number of hydrogen-bond acceptors (Lipinski definition) is 1. The molecule has 2 rings (SSSR count). The second-order valence-electron chi connectivity index (χ2n) is 3.74. The minimum atomic E-state index is 0.0378. The molecule has 0 amide bonds. The van der Waals surface area contributed by atoms with E-state index in [0.29, 0.717) is 0 Å². The normalized spacial score (nSPS) is 12.6. The first kappa shape index (κ1) is 9.94. The number of rotatable bonds is 3. The van der Waals surface area contributed by atoms with Crippen LogP contribution in [0.25, 0.3) is 10.8 Å². The molecule has 76 valence electrons. The standard InChI is InChI=1S/C14H15N/c1-2-13(15)10-12-8-5-7-11-6-3-4-9-14(11)12/h2-9,13H,1,10,15H2. The first-order valence-corrected chi connectivity index (χ1v) is 5.16. The molecule has 1 atom stereocenters. The molecule has 0 fully saturated rings. The van der Waals surface area contributed by atoms with Gasteiger partial charge in [-0.05, 0) is 22.8 Å². The third-order valence-corrected chi connectivity index (χ3v) is 2.64. The molecule has 2 N–H and O–H groups in total. The Kier molecular flexibility index (Phi) is 2.84. The number of hydrogen-bond donors (Lipinski definition) is 1. The zero-order valence-corrected chi connectivity index (χ0v) is 8.69. The smallest absolute Gasteiger partial charge is 0.0262 e. The topological polar surface area (TPSA) is 26.0 Å². The summed E-state index contributed by atoms with van der Waals surface area (Å²) in [7, 11) is 0. The molecule has 1 heteroatoms. The number of fused-ring (bicyclic) bond motifs is 1. The van der Waals surface area contributed by atoms with Crippen molar-refractivity contribution in [3.05, 3.63) is 60.7 Å². The fourth-order valence-electron chi connectivity index (χ4n) is 1.81. The lowest BCUT2D eigenvalue weighted by molar-refractivity contribution is 0.817. The molecular formula is C14H15N. The lowest BCUT2D eigenvalue weighted by Crippen LogP contribution is -2.19. The quantitative estimate of drug-likeness (QED) is 0.752. The average molecular weight is 197 g/mol. The van der Waals surface area contributed by atoms with Crippen LogP contribution in [0.2, 0.25) is 0 Å². The molecule has 0 aliphatic carbocycles. The molecule has 15 heavy (non-hydrogen) atoms. The van der Waals surface area contributed by atoms with E-state index in [1.165, 1.54) is 16.3 Å². The van der Waals surface area contributed by atoms with E-state index in [9.17, 15) is 0 Å². The van der Waals surface area contributed by atoms with E-state index >= 15 is 0 Å². The van der Waals surface area contributed by atoms with Crippen molar-refractivity contribution in [3.63, 3.8) is 0 Å². The second kappa shape index (κ2) is 4.28. The zero-order valence-electron chi connectivity index (χ0n) is 8.69. The van der Waals surface area contributed by atoms with Gasteiger partial charge >= 0.3 is 0 Å². The van der Waals surface area contributed by atoms with Gasteiger partial charge < -0.3 is 5.73 Å². The van der Waals surface area contributed by atoms with Crippen LogP contribution in [0.3, 0.4) is 0 Å². The van der Waals surface area contributed by atoms with Gasteiger partial charge in [-0.3, -0.25) is 0 Å². The summed E-state index contributed by atoms with van der Waals surface area (Å²) in [5.41, 5.74) is 7.17. The highest BCUT2D eigenvalue weighted by atomic mass is 14.6. The molecule has 0 aliphatic heterocycles. The van der Waals surface area contributed by atoms with Gasteiger partial charge in [-0.25, -0.2) is 0 Å². The maximum Gasteiger partial charge on any atom is 0.0262 e. The minimum absolute atomic E-state index is 0.0378. The Morgan fingerprint density at radius 3 is 2.67 bits per heavy atom. The van der Waals surface area contributed by atoms with Crippen molar-refractivity contribution in [2.45, 2.75) is 12.5 Å². The summed E-state index contributed by atoms with van der Waals surface area (Å²) in [6, 6.07) is 14.7.